The van der Waals surface area contributed by atoms with Crippen molar-refractivity contribution in [3.05, 3.63) is 115 Å². The van der Waals surface area contributed by atoms with Gasteiger partial charge in [-0.2, -0.15) is 0 Å². The third-order valence-electron chi connectivity index (χ3n) is 9.14. The number of hydrogen-bond donors (Lipinski definition) is 0. The lowest BCUT2D eigenvalue weighted by Gasteiger charge is -2.20. The zero-order valence-electron chi connectivity index (χ0n) is 26.1. The predicted molar refractivity (Wildman–Crippen MR) is 210 cm³/mol. The fraction of sp³-hybridized carbons (Fsp3) is 0. The summed E-state index contributed by atoms with van der Waals surface area (Å²) in [6, 6.07) is 39.6. The second-order valence-corrected chi connectivity index (χ2v) is 13.0. The summed E-state index contributed by atoms with van der Waals surface area (Å²) in [5, 5.41) is 4.78. The largest absolute Gasteiger partial charge is 0.309 e. The maximum Gasteiger partial charge on any atom is 0.164 e. The van der Waals surface area contributed by atoms with Crippen molar-refractivity contribution in [2.75, 3.05) is 0 Å². The van der Waals surface area contributed by atoms with E-state index in [1.807, 2.05) is 36.4 Å². The van der Waals surface area contributed by atoms with Gasteiger partial charge in [0.25, 0.3) is 0 Å². The number of para-hydroxylation sites is 2. The van der Waals surface area contributed by atoms with E-state index in [9.17, 15) is 0 Å². The third kappa shape index (κ3) is 4.62. The SMILES string of the molecule is [B]c1c([B])c([B])c(-c2nc(-c3ccccc3)nc(-c3ccc4c(c3)sc3cccc(-n5c6ccccc6c6ccccc65)c34)n2)c([B])c1[B]. The van der Waals surface area contributed by atoms with Gasteiger partial charge in [0.15, 0.2) is 17.5 Å². The molecule has 0 saturated carbocycles. The Balaban J connectivity index is 1.27. The average molecular weight is 630 g/mol. The lowest BCUT2D eigenvalue weighted by Crippen LogP contribution is -2.55. The highest BCUT2D eigenvalue weighted by Gasteiger charge is 2.20. The molecule has 10 heteroatoms. The van der Waals surface area contributed by atoms with E-state index in [0.29, 0.717) is 17.2 Å². The minimum Gasteiger partial charge on any atom is -0.309 e. The number of rotatable bonds is 4. The Hall–Kier alpha value is -5.33. The fourth-order valence-electron chi connectivity index (χ4n) is 6.74. The number of fused-ring (bicyclic) bond motifs is 6. The molecule has 3 heterocycles. The van der Waals surface area contributed by atoms with E-state index in [2.05, 4.69) is 83.4 Å². The van der Waals surface area contributed by atoms with E-state index in [1.165, 1.54) is 31.9 Å². The van der Waals surface area contributed by atoms with Gasteiger partial charge in [-0.1, -0.05) is 95.9 Å². The molecule has 6 aromatic carbocycles. The number of benzene rings is 6. The highest BCUT2D eigenvalue weighted by Crippen LogP contribution is 2.42. The molecule has 0 fully saturated rings. The molecule has 0 bridgehead atoms. The Morgan fingerprint density at radius 3 is 1.69 bits per heavy atom. The molecule has 0 amide bonds. The molecule has 3 aromatic heterocycles. The van der Waals surface area contributed by atoms with Gasteiger partial charge in [-0.15, -0.1) is 27.7 Å². The highest BCUT2D eigenvalue weighted by atomic mass is 32.1. The van der Waals surface area contributed by atoms with Crippen LogP contribution in [-0.4, -0.2) is 58.8 Å². The van der Waals surface area contributed by atoms with Crippen LogP contribution in [0.2, 0.25) is 0 Å². The Bertz CT molecular complexity index is 2710. The van der Waals surface area contributed by atoms with Gasteiger partial charge in [0.2, 0.25) is 0 Å². The van der Waals surface area contributed by atoms with Gasteiger partial charge in [-0.05, 0) is 30.3 Å². The smallest absolute Gasteiger partial charge is 0.164 e. The summed E-state index contributed by atoms with van der Waals surface area (Å²) in [5.41, 5.74) is 6.14. The van der Waals surface area contributed by atoms with Crippen molar-refractivity contribution < 1.29 is 0 Å². The molecule has 0 saturated heterocycles. The van der Waals surface area contributed by atoms with Gasteiger partial charge in [0, 0.05) is 47.6 Å². The molecule has 0 aliphatic carbocycles. The Labute approximate surface area is 293 Å². The first-order valence-corrected chi connectivity index (χ1v) is 16.5. The molecule has 0 atom stereocenters. The van der Waals surface area contributed by atoms with Gasteiger partial charge in [0.1, 0.15) is 39.2 Å². The Kier molecular flexibility index (Phi) is 6.92. The summed E-state index contributed by atoms with van der Waals surface area (Å²) in [6.45, 7) is 0. The van der Waals surface area contributed by atoms with Crippen LogP contribution in [0.15, 0.2) is 115 Å². The first-order valence-electron chi connectivity index (χ1n) is 15.7. The standard InChI is InChI=1S/C39H19B5N4S/c40-32-31(33(41)35(43)36(44)34(32)42)39-46-37(20-9-2-1-3-10-20)45-38(47-39)21-17-18-24-29(19-21)49-28-16-8-15-27(30(24)28)48-25-13-6-4-11-22(25)23-12-5-7-14-26(23)48/h1-19H. The predicted octanol–water partition coefficient (Wildman–Crippen LogP) is 4.31. The third-order valence-corrected chi connectivity index (χ3v) is 10.3. The molecule has 9 rings (SSSR count). The van der Waals surface area contributed by atoms with Crippen LogP contribution in [0.5, 0.6) is 0 Å². The van der Waals surface area contributed by atoms with Crippen molar-refractivity contribution in [3.8, 4) is 39.9 Å². The van der Waals surface area contributed by atoms with Gasteiger partial charge in [-0.25, -0.2) is 15.0 Å². The first-order chi connectivity index (χ1) is 23.9. The molecule has 4 nitrogen and oxygen atoms in total. The highest BCUT2D eigenvalue weighted by molar-refractivity contribution is 7.26. The minimum atomic E-state index is 0.131. The van der Waals surface area contributed by atoms with Gasteiger partial charge >= 0.3 is 0 Å². The number of aromatic nitrogens is 4. The van der Waals surface area contributed by atoms with Gasteiger partial charge in [-0.3, -0.25) is 0 Å². The summed E-state index contributed by atoms with van der Waals surface area (Å²) < 4.78 is 4.65. The topological polar surface area (TPSA) is 43.6 Å². The van der Waals surface area contributed by atoms with Gasteiger partial charge in [0.05, 0.1) is 16.7 Å². The van der Waals surface area contributed by atoms with E-state index in [-0.39, 0.29) is 33.1 Å². The molecule has 10 radical (unpaired) electrons. The second-order valence-electron chi connectivity index (χ2n) is 11.9. The minimum absolute atomic E-state index is 0.131. The fourth-order valence-corrected chi connectivity index (χ4v) is 7.90. The second kappa shape index (κ2) is 11.4. The maximum absolute atomic E-state index is 6.46. The summed E-state index contributed by atoms with van der Waals surface area (Å²) in [7, 11) is 31.5. The van der Waals surface area contributed by atoms with Crippen LogP contribution in [0.1, 0.15) is 0 Å². The van der Waals surface area contributed by atoms with Crippen LogP contribution in [0.25, 0.3) is 81.8 Å². The maximum atomic E-state index is 6.46. The molecular weight excluding hydrogens is 611 g/mol. The molecule has 0 unspecified atom stereocenters. The number of thiophene rings is 1. The summed E-state index contributed by atoms with van der Waals surface area (Å²) in [6.07, 6.45) is 0. The van der Waals surface area contributed by atoms with Crippen LogP contribution in [0, 0.1) is 0 Å². The van der Waals surface area contributed by atoms with Crippen molar-refractivity contribution in [2.45, 2.75) is 0 Å². The van der Waals surface area contributed by atoms with Crippen LogP contribution in [0.3, 0.4) is 0 Å². The normalized spacial score (nSPS) is 11.7. The summed E-state index contributed by atoms with van der Waals surface area (Å²) >= 11 is 1.73. The van der Waals surface area contributed by atoms with Crippen LogP contribution in [0.4, 0.5) is 0 Å². The molecule has 0 aliphatic rings. The van der Waals surface area contributed by atoms with Gasteiger partial charge < -0.3 is 4.57 Å². The number of hydrogen-bond acceptors (Lipinski definition) is 4. The van der Waals surface area contributed by atoms with E-state index >= 15 is 0 Å². The average Bonchev–Trinajstić information content (AvgIpc) is 3.69. The number of nitrogens with zero attached hydrogens (tertiary/aromatic N) is 4. The molecular formula is C39H19B5N4S. The van der Waals surface area contributed by atoms with Crippen molar-refractivity contribution in [2.24, 2.45) is 0 Å². The quantitative estimate of drug-likeness (QED) is 0.273. The Morgan fingerprint density at radius 2 is 1.02 bits per heavy atom. The molecule has 0 aliphatic heterocycles. The lowest BCUT2D eigenvalue weighted by atomic mass is 9.60. The molecule has 216 valence electrons. The van der Waals surface area contributed by atoms with E-state index in [1.54, 1.807) is 11.3 Å². The first kappa shape index (κ1) is 29.8. The zero-order chi connectivity index (χ0) is 33.4. The van der Waals surface area contributed by atoms with E-state index < -0.39 is 0 Å². The molecule has 49 heavy (non-hydrogen) atoms. The summed E-state index contributed by atoms with van der Waals surface area (Å²) in [5.74, 6) is 1.17. The zero-order valence-corrected chi connectivity index (χ0v) is 26.9. The van der Waals surface area contributed by atoms with Crippen LogP contribution in [-0.2, 0) is 0 Å². The van der Waals surface area contributed by atoms with Crippen LogP contribution >= 0.6 is 11.3 Å². The van der Waals surface area contributed by atoms with Crippen molar-refractivity contribution in [1.82, 2.24) is 19.5 Å². The van der Waals surface area contributed by atoms with Crippen LogP contribution < -0.4 is 27.3 Å². The van der Waals surface area contributed by atoms with Crippen molar-refractivity contribution in [3.63, 3.8) is 0 Å². The van der Waals surface area contributed by atoms with E-state index in [4.69, 9.17) is 54.2 Å². The molecule has 0 spiro atoms. The lowest BCUT2D eigenvalue weighted by molar-refractivity contribution is 1.08. The van der Waals surface area contributed by atoms with Crippen molar-refractivity contribution >= 4 is 120 Å². The van der Waals surface area contributed by atoms with E-state index in [0.717, 1.165) is 26.9 Å². The molecule has 9 aromatic rings. The monoisotopic (exact) mass is 630 g/mol. The van der Waals surface area contributed by atoms with Crippen molar-refractivity contribution in [1.29, 1.82) is 0 Å². The molecule has 0 N–H and O–H groups in total. The Morgan fingerprint density at radius 1 is 0.449 bits per heavy atom. The summed E-state index contributed by atoms with van der Waals surface area (Å²) in [4.78, 5) is 14.6.